The second-order valence-corrected chi connectivity index (χ2v) is 4.01. The number of aryl methyl sites for hydroxylation is 1. The van der Waals surface area contributed by atoms with Crippen molar-refractivity contribution < 1.29 is 17.9 Å². The first-order valence-electron chi connectivity index (χ1n) is 5.40. The number of rotatable bonds is 3. The number of benzene rings is 1. The lowest BCUT2D eigenvalue weighted by atomic mass is 10.2. The molecule has 0 aliphatic heterocycles. The zero-order valence-electron chi connectivity index (χ0n) is 10.0. The second kappa shape index (κ2) is 4.90. The minimum absolute atomic E-state index is 0.230. The molecule has 0 saturated carbocycles. The van der Waals surface area contributed by atoms with Crippen LogP contribution in [0.2, 0.25) is 0 Å². The number of ether oxygens (including phenoxy) is 1. The molecule has 19 heavy (non-hydrogen) atoms. The third-order valence-corrected chi connectivity index (χ3v) is 2.60. The van der Waals surface area contributed by atoms with Crippen LogP contribution >= 0.6 is 0 Å². The van der Waals surface area contributed by atoms with Crippen LogP contribution in [-0.2, 0) is 18.4 Å². The average molecular weight is 269 g/mol. The van der Waals surface area contributed by atoms with Crippen LogP contribution < -0.4 is 0 Å². The highest BCUT2D eigenvalue weighted by molar-refractivity contribution is 5.77. The van der Waals surface area contributed by atoms with Crippen LogP contribution in [0.4, 0.5) is 13.2 Å². The number of alkyl halides is 3. The van der Waals surface area contributed by atoms with Crippen molar-refractivity contribution in [1.82, 2.24) is 9.55 Å². The summed E-state index contributed by atoms with van der Waals surface area (Å²) in [5.41, 5.74) is 1.75. The van der Waals surface area contributed by atoms with E-state index in [1.165, 1.54) is 0 Å². The van der Waals surface area contributed by atoms with Crippen LogP contribution in [0.1, 0.15) is 11.4 Å². The summed E-state index contributed by atoms with van der Waals surface area (Å²) in [6.07, 6.45) is -4.35. The van der Waals surface area contributed by atoms with E-state index in [0.29, 0.717) is 16.9 Å². The number of fused-ring (bicyclic) bond motifs is 1. The van der Waals surface area contributed by atoms with Gasteiger partial charge in [-0.25, -0.2) is 4.98 Å². The zero-order chi connectivity index (χ0) is 14.0. The SMILES string of the molecule is Cn1c(COCC(F)(F)F)nc2cc(C#N)ccc21. The van der Waals surface area contributed by atoms with Crippen LogP contribution in [0.3, 0.4) is 0 Å². The first-order chi connectivity index (χ1) is 8.90. The van der Waals surface area contributed by atoms with Gasteiger partial charge < -0.3 is 9.30 Å². The molecule has 4 nitrogen and oxygen atoms in total. The van der Waals surface area contributed by atoms with Gasteiger partial charge in [0, 0.05) is 7.05 Å². The first kappa shape index (κ1) is 13.4. The Labute approximate surface area is 107 Å². The fraction of sp³-hybridized carbons (Fsp3) is 0.333. The van der Waals surface area contributed by atoms with E-state index in [1.54, 1.807) is 29.8 Å². The van der Waals surface area contributed by atoms with Crippen LogP contribution in [0.15, 0.2) is 18.2 Å². The number of nitriles is 1. The van der Waals surface area contributed by atoms with E-state index in [9.17, 15) is 13.2 Å². The van der Waals surface area contributed by atoms with E-state index in [0.717, 1.165) is 5.52 Å². The molecule has 100 valence electrons. The van der Waals surface area contributed by atoms with E-state index in [2.05, 4.69) is 9.72 Å². The zero-order valence-corrected chi connectivity index (χ0v) is 10.0. The fourth-order valence-corrected chi connectivity index (χ4v) is 1.71. The van der Waals surface area contributed by atoms with Crippen molar-refractivity contribution in [2.45, 2.75) is 12.8 Å². The Morgan fingerprint density at radius 2 is 2.16 bits per heavy atom. The standard InChI is InChI=1S/C12H10F3N3O/c1-18-10-3-2-8(5-16)4-9(10)17-11(18)6-19-7-12(13,14)15/h2-4H,6-7H2,1H3. The molecule has 0 radical (unpaired) electrons. The predicted octanol–water partition coefficient (Wildman–Crippen LogP) is 2.52. The Bertz CT molecular complexity index is 640. The van der Waals surface area contributed by atoms with Gasteiger partial charge in [-0.05, 0) is 18.2 Å². The van der Waals surface area contributed by atoms with Gasteiger partial charge in [0.15, 0.2) is 0 Å². The fourth-order valence-electron chi connectivity index (χ4n) is 1.71. The molecule has 0 aliphatic rings. The third-order valence-electron chi connectivity index (χ3n) is 2.60. The number of halogens is 3. The summed E-state index contributed by atoms with van der Waals surface area (Å²) in [5.74, 6) is 0.384. The van der Waals surface area contributed by atoms with Crippen LogP contribution in [0.5, 0.6) is 0 Å². The monoisotopic (exact) mass is 269 g/mol. The van der Waals surface area contributed by atoms with Gasteiger partial charge in [-0.2, -0.15) is 18.4 Å². The minimum atomic E-state index is -4.35. The van der Waals surface area contributed by atoms with Gasteiger partial charge in [0.25, 0.3) is 0 Å². The van der Waals surface area contributed by atoms with Gasteiger partial charge in [-0.1, -0.05) is 0 Å². The predicted molar refractivity (Wildman–Crippen MR) is 61.1 cm³/mol. The molecule has 0 saturated heterocycles. The van der Waals surface area contributed by atoms with E-state index in [-0.39, 0.29) is 6.61 Å². The molecule has 1 aromatic heterocycles. The van der Waals surface area contributed by atoms with E-state index in [1.807, 2.05) is 6.07 Å². The normalized spacial score (nSPS) is 11.7. The Hall–Kier alpha value is -2.07. The largest absolute Gasteiger partial charge is 0.411 e. The molecule has 1 aromatic carbocycles. The minimum Gasteiger partial charge on any atom is -0.364 e. The number of aromatic nitrogens is 2. The van der Waals surface area contributed by atoms with Gasteiger partial charge >= 0.3 is 6.18 Å². The lowest BCUT2D eigenvalue weighted by molar-refractivity contribution is -0.177. The van der Waals surface area contributed by atoms with Crippen molar-refractivity contribution in [3.8, 4) is 6.07 Å². The molecule has 7 heteroatoms. The van der Waals surface area contributed by atoms with Gasteiger partial charge in [-0.3, -0.25) is 0 Å². The molecule has 0 aliphatic carbocycles. The van der Waals surface area contributed by atoms with Crippen molar-refractivity contribution in [2.24, 2.45) is 7.05 Å². The molecule has 0 unspecified atom stereocenters. The summed E-state index contributed by atoms with van der Waals surface area (Å²) >= 11 is 0. The van der Waals surface area contributed by atoms with Gasteiger partial charge in [0.2, 0.25) is 0 Å². The van der Waals surface area contributed by atoms with E-state index >= 15 is 0 Å². The molecule has 0 bridgehead atoms. The van der Waals surface area contributed by atoms with Crippen LogP contribution in [-0.4, -0.2) is 22.3 Å². The molecule has 0 N–H and O–H groups in total. The summed E-state index contributed by atoms with van der Waals surface area (Å²) in [4.78, 5) is 4.16. The summed E-state index contributed by atoms with van der Waals surface area (Å²) < 4.78 is 42.1. The molecule has 2 aromatic rings. The average Bonchev–Trinajstić information content (AvgIpc) is 2.64. The van der Waals surface area contributed by atoms with Gasteiger partial charge in [-0.15, -0.1) is 0 Å². The van der Waals surface area contributed by atoms with E-state index in [4.69, 9.17) is 5.26 Å². The van der Waals surface area contributed by atoms with Gasteiger partial charge in [0.1, 0.15) is 19.0 Å². The topological polar surface area (TPSA) is 50.8 Å². The quantitative estimate of drug-likeness (QED) is 0.860. The number of hydrogen-bond acceptors (Lipinski definition) is 3. The third kappa shape index (κ3) is 3.03. The Kier molecular flexibility index (Phi) is 3.44. The summed E-state index contributed by atoms with van der Waals surface area (Å²) in [6, 6.07) is 6.90. The molecule has 0 amide bonds. The van der Waals surface area contributed by atoms with Crippen molar-refractivity contribution in [3.63, 3.8) is 0 Å². The highest BCUT2D eigenvalue weighted by atomic mass is 19.4. The first-order valence-corrected chi connectivity index (χ1v) is 5.40. The molecule has 0 atom stereocenters. The second-order valence-electron chi connectivity index (χ2n) is 4.01. The summed E-state index contributed by atoms with van der Waals surface area (Å²) in [6.45, 7) is -1.54. The number of imidazole rings is 1. The number of hydrogen-bond donors (Lipinski definition) is 0. The molecule has 2 rings (SSSR count). The Balaban J connectivity index is 2.20. The lowest BCUT2D eigenvalue weighted by Crippen LogP contribution is -2.17. The summed E-state index contributed by atoms with van der Waals surface area (Å²) in [7, 11) is 1.69. The van der Waals surface area contributed by atoms with Crippen LogP contribution in [0, 0.1) is 11.3 Å². The summed E-state index contributed by atoms with van der Waals surface area (Å²) in [5, 5.41) is 8.77. The lowest BCUT2D eigenvalue weighted by Gasteiger charge is -2.07. The van der Waals surface area contributed by atoms with Crippen molar-refractivity contribution >= 4 is 11.0 Å². The Morgan fingerprint density at radius 3 is 2.79 bits per heavy atom. The molecular weight excluding hydrogens is 259 g/mol. The highest BCUT2D eigenvalue weighted by Gasteiger charge is 2.27. The van der Waals surface area contributed by atoms with Crippen molar-refractivity contribution in [1.29, 1.82) is 5.26 Å². The molecular formula is C12H10F3N3O. The van der Waals surface area contributed by atoms with Crippen LogP contribution in [0.25, 0.3) is 11.0 Å². The Morgan fingerprint density at radius 1 is 1.42 bits per heavy atom. The maximum absolute atomic E-state index is 12.0. The highest BCUT2D eigenvalue weighted by Crippen LogP contribution is 2.19. The van der Waals surface area contributed by atoms with Crippen molar-refractivity contribution in [3.05, 3.63) is 29.6 Å². The van der Waals surface area contributed by atoms with E-state index < -0.39 is 12.8 Å². The van der Waals surface area contributed by atoms with Gasteiger partial charge in [0.05, 0.1) is 22.7 Å². The molecule has 0 fully saturated rings. The molecule has 0 spiro atoms. The maximum Gasteiger partial charge on any atom is 0.411 e. The number of nitrogens with zero attached hydrogens (tertiary/aromatic N) is 3. The smallest absolute Gasteiger partial charge is 0.364 e. The maximum atomic E-state index is 12.0. The van der Waals surface area contributed by atoms with Crippen molar-refractivity contribution in [2.75, 3.05) is 6.61 Å². The molecule has 1 heterocycles.